The van der Waals surface area contributed by atoms with Gasteiger partial charge in [-0.15, -0.1) is 11.3 Å². The van der Waals surface area contributed by atoms with Gasteiger partial charge in [-0.2, -0.15) is 0 Å². The number of hydrogen-bond acceptors (Lipinski definition) is 7. The second-order valence-corrected chi connectivity index (χ2v) is 6.86. The average molecular weight is 396 g/mol. The fourth-order valence-electron chi connectivity index (χ4n) is 2.78. The number of hydrogen-bond donors (Lipinski definition) is 1. The molecular weight excluding hydrogens is 380 g/mol. The first kappa shape index (κ1) is 18.0. The Hall–Kier alpha value is -3.39. The number of para-hydroxylation sites is 1. The molecule has 0 unspecified atom stereocenters. The van der Waals surface area contributed by atoms with E-state index in [1.807, 2.05) is 29.6 Å². The summed E-state index contributed by atoms with van der Waals surface area (Å²) >= 11 is 1.32. The van der Waals surface area contributed by atoms with E-state index in [0.29, 0.717) is 16.6 Å². The molecule has 2 aromatic carbocycles. The van der Waals surface area contributed by atoms with Crippen molar-refractivity contribution in [3.8, 4) is 28.5 Å². The summed E-state index contributed by atoms with van der Waals surface area (Å²) in [5, 5.41) is 5.04. The van der Waals surface area contributed by atoms with Crippen LogP contribution in [0.4, 0.5) is 5.13 Å². The highest BCUT2D eigenvalue weighted by atomic mass is 32.1. The second kappa shape index (κ2) is 7.69. The van der Waals surface area contributed by atoms with E-state index in [-0.39, 0.29) is 24.9 Å². The Morgan fingerprint density at radius 2 is 2.14 bits per heavy atom. The Kier molecular flexibility index (Phi) is 4.94. The molecule has 0 saturated heterocycles. The second-order valence-electron chi connectivity index (χ2n) is 6.00. The summed E-state index contributed by atoms with van der Waals surface area (Å²) in [4.78, 5) is 28.0. The minimum atomic E-state index is -0.353. The number of amides is 1. The highest BCUT2D eigenvalue weighted by molar-refractivity contribution is 7.14. The molecule has 1 N–H and O–H groups in total. The summed E-state index contributed by atoms with van der Waals surface area (Å²) in [5.41, 5.74) is 2.40. The van der Waals surface area contributed by atoms with E-state index < -0.39 is 0 Å². The molecule has 0 bridgehead atoms. The maximum atomic E-state index is 12.2. The van der Waals surface area contributed by atoms with Gasteiger partial charge in [0.05, 0.1) is 19.2 Å². The van der Waals surface area contributed by atoms with Crippen molar-refractivity contribution in [2.75, 3.05) is 19.0 Å². The predicted octanol–water partition coefficient (Wildman–Crippen LogP) is 3.30. The number of nitrogens with zero attached hydrogens (tertiary/aromatic N) is 1. The van der Waals surface area contributed by atoms with Crippen LogP contribution in [0.3, 0.4) is 0 Å². The van der Waals surface area contributed by atoms with Crippen LogP contribution in [-0.4, -0.2) is 30.6 Å². The normalized spacial score (nSPS) is 12.2. The maximum Gasteiger partial charge on any atom is 0.315 e. The number of nitrogens with one attached hydrogen (secondary N) is 1. The molecule has 0 saturated carbocycles. The molecule has 1 aromatic heterocycles. The molecule has 4 rings (SSSR count). The molecule has 8 heteroatoms. The molecule has 0 spiro atoms. The highest BCUT2D eigenvalue weighted by Gasteiger charge is 2.24. The Labute approximate surface area is 164 Å². The number of rotatable bonds is 6. The summed E-state index contributed by atoms with van der Waals surface area (Å²) in [5.74, 6) is 0.807. The predicted molar refractivity (Wildman–Crippen MR) is 104 cm³/mol. The lowest BCUT2D eigenvalue weighted by Crippen LogP contribution is -2.20. The largest absolute Gasteiger partial charge is 0.497 e. The first-order valence-electron chi connectivity index (χ1n) is 8.47. The lowest BCUT2D eigenvalue weighted by molar-refractivity contribution is -0.131. The zero-order chi connectivity index (χ0) is 19.5. The SMILES string of the molecule is COc1cccc(-c2csc(NC(=O)COc3cccc4c3OC(=O)C4)n2)c1. The summed E-state index contributed by atoms with van der Waals surface area (Å²) in [6.45, 7) is -0.220. The van der Waals surface area contributed by atoms with Crippen molar-refractivity contribution in [2.45, 2.75) is 6.42 Å². The molecule has 0 atom stereocenters. The number of methoxy groups -OCH3 is 1. The van der Waals surface area contributed by atoms with Gasteiger partial charge in [0, 0.05) is 16.5 Å². The van der Waals surface area contributed by atoms with Crippen LogP contribution in [0.2, 0.25) is 0 Å². The van der Waals surface area contributed by atoms with Gasteiger partial charge in [-0.25, -0.2) is 4.98 Å². The fraction of sp³-hybridized carbons (Fsp3) is 0.150. The van der Waals surface area contributed by atoms with Crippen LogP contribution in [0.25, 0.3) is 11.3 Å². The van der Waals surface area contributed by atoms with Crippen molar-refractivity contribution >= 4 is 28.3 Å². The molecule has 7 nitrogen and oxygen atoms in total. The van der Waals surface area contributed by atoms with Gasteiger partial charge in [-0.3, -0.25) is 14.9 Å². The molecule has 1 aliphatic rings. The average Bonchev–Trinajstić information content (AvgIpc) is 3.32. The standard InChI is InChI=1S/C20H16N2O5S/c1-25-14-6-2-4-12(8-14)15-11-28-20(21-15)22-17(23)10-26-16-7-3-5-13-9-18(24)27-19(13)16/h2-8,11H,9-10H2,1H3,(H,21,22,23). The van der Waals surface area contributed by atoms with Gasteiger partial charge >= 0.3 is 5.97 Å². The molecular formula is C20H16N2O5S. The Morgan fingerprint density at radius 1 is 1.29 bits per heavy atom. The molecule has 1 amide bonds. The smallest absolute Gasteiger partial charge is 0.315 e. The number of ether oxygens (including phenoxy) is 3. The van der Waals surface area contributed by atoms with Crippen molar-refractivity contribution < 1.29 is 23.8 Å². The van der Waals surface area contributed by atoms with Gasteiger partial charge in [0.15, 0.2) is 23.2 Å². The molecule has 3 aromatic rings. The van der Waals surface area contributed by atoms with Crippen molar-refractivity contribution in [2.24, 2.45) is 0 Å². The molecule has 28 heavy (non-hydrogen) atoms. The molecule has 2 heterocycles. The zero-order valence-electron chi connectivity index (χ0n) is 14.9. The first-order valence-corrected chi connectivity index (χ1v) is 9.35. The number of esters is 1. The van der Waals surface area contributed by atoms with Crippen LogP contribution in [0.1, 0.15) is 5.56 Å². The number of carbonyl (C=O) groups is 2. The minimum absolute atomic E-state index is 0.213. The number of fused-ring (bicyclic) bond motifs is 1. The number of benzene rings is 2. The monoisotopic (exact) mass is 396 g/mol. The van der Waals surface area contributed by atoms with Crippen LogP contribution in [0.15, 0.2) is 47.8 Å². The maximum absolute atomic E-state index is 12.2. The van der Waals surface area contributed by atoms with Crippen molar-refractivity contribution in [3.05, 3.63) is 53.4 Å². The Morgan fingerprint density at radius 3 is 3.00 bits per heavy atom. The number of thiazole rings is 1. The third-order valence-electron chi connectivity index (χ3n) is 4.09. The molecule has 0 aliphatic carbocycles. The van der Waals surface area contributed by atoms with Gasteiger partial charge < -0.3 is 14.2 Å². The van der Waals surface area contributed by atoms with Gasteiger partial charge in [0.1, 0.15) is 5.75 Å². The molecule has 0 radical (unpaired) electrons. The van der Waals surface area contributed by atoms with E-state index >= 15 is 0 Å². The topological polar surface area (TPSA) is 86.8 Å². The van der Waals surface area contributed by atoms with Crippen LogP contribution < -0.4 is 19.5 Å². The van der Waals surface area contributed by atoms with E-state index in [0.717, 1.165) is 22.6 Å². The quantitative estimate of drug-likeness (QED) is 0.508. The summed E-state index contributed by atoms with van der Waals surface area (Å²) < 4.78 is 15.9. The lowest BCUT2D eigenvalue weighted by atomic mass is 10.1. The van der Waals surface area contributed by atoms with E-state index in [1.54, 1.807) is 25.3 Å². The van der Waals surface area contributed by atoms with Crippen LogP contribution in [0, 0.1) is 0 Å². The van der Waals surface area contributed by atoms with E-state index in [4.69, 9.17) is 14.2 Å². The highest BCUT2D eigenvalue weighted by Crippen LogP contribution is 2.36. The number of carbonyl (C=O) groups excluding carboxylic acids is 2. The summed E-state index contributed by atoms with van der Waals surface area (Å²) in [6, 6.07) is 12.7. The number of aromatic nitrogens is 1. The fourth-order valence-corrected chi connectivity index (χ4v) is 3.52. The van der Waals surface area contributed by atoms with Gasteiger partial charge in [0.25, 0.3) is 5.91 Å². The van der Waals surface area contributed by atoms with E-state index in [1.165, 1.54) is 11.3 Å². The van der Waals surface area contributed by atoms with Gasteiger partial charge in [0.2, 0.25) is 0 Å². The first-order chi connectivity index (χ1) is 13.6. The van der Waals surface area contributed by atoms with Gasteiger partial charge in [-0.05, 0) is 18.2 Å². The van der Waals surface area contributed by atoms with Crippen LogP contribution in [-0.2, 0) is 16.0 Å². The van der Waals surface area contributed by atoms with Crippen LogP contribution in [0.5, 0.6) is 17.2 Å². The van der Waals surface area contributed by atoms with Crippen LogP contribution >= 0.6 is 11.3 Å². The third kappa shape index (κ3) is 3.81. The van der Waals surface area contributed by atoms with Gasteiger partial charge in [-0.1, -0.05) is 24.3 Å². The minimum Gasteiger partial charge on any atom is -0.497 e. The summed E-state index contributed by atoms with van der Waals surface area (Å²) in [6.07, 6.45) is 0.213. The molecule has 0 fully saturated rings. The lowest BCUT2D eigenvalue weighted by Gasteiger charge is -2.09. The molecule has 1 aliphatic heterocycles. The van der Waals surface area contributed by atoms with Crippen molar-refractivity contribution in [3.63, 3.8) is 0 Å². The van der Waals surface area contributed by atoms with Crippen molar-refractivity contribution in [1.29, 1.82) is 0 Å². The Balaban J connectivity index is 1.38. The molecule has 142 valence electrons. The number of anilines is 1. The van der Waals surface area contributed by atoms with E-state index in [9.17, 15) is 9.59 Å². The summed E-state index contributed by atoms with van der Waals surface area (Å²) in [7, 11) is 1.61. The van der Waals surface area contributed by atoms with E-state index in [2.05, 4.69) is 10.3 Å². The third-order valence-corrected chi connectivity index (χ3v) is 4.84. The zero-order valence-corrected chi connectivity index (χ0v) is 15.7. The Bertz CT molecular complexity index is 1050. The van der Waals surface area contributed by atoms with Crippen molar-refractivity contribution in [1.82, 2.24) is 4.98 Å².